The topological polar surface area (TPSA) is 21.3 Å². The van der Waals surface area contributed by atoms with E-state index in [-0.39, 0.29) is 17.9 Å². The molecule has 0 bridgehead atoms. The average Bonchev–Trinajstić information content (AvgIpc) is 2.85. The molecule has 1 N–H and O–H groups in total. The third-order valence-corrected chi connectivity index (χ3v) is 4.65. The van der Waals surface area contributed by atoms with Gasteiger partial charge in [0.05, 0.1) is 7.11 Å². The van der Waals surface area contributed by atoms with Gasteiger partial charge in [-0.25, -0.2) is 4.39 Å². The van der Waals surface area contributed by atoms with Gasteiger partial charge in [0.2, 0.25) is 0 Å². The summed E-state index contributed by atoms with van der Waals surface area (Å²) in [7, 11) is 1.61. The van der Waals surface area contributed by atoms with Crippen molar-refractivity contribution in [3.63, 3.8) is 0 Å². The highest BCUT2D eigenvalue weighted by molar-refractivity contribution is 7.10. The van der Waals surface area contributed by atoms with Crippen molar-refractivity contribution < 1.29 is 9.13 Å². The second kappa shape index (κ2) is 6.37. The number of hydrogen-bond donors (Lipinski definition) is 1. The van der Waals surface area contributed by atoms with E-state index >= 15 is 0 Å². The van der Waals surface area contributed by atoms with Gasteiger partial charge in [-0.1, -0.05) is 0 Å². The van der Waals surface area contributed by atoms with Crippen LogP contribution >= 0.6 is 11.3 Å². The van der Waals surface area contributed by atoms with Crippen molar-refractivity contribution in [2.45, 2.75) is 32.9 Å². The van der Waals surface area contributed by atoms with Gasteiger partial charge in [-0.15, -0.1) is 11.3 Å². The van der Waals surface area contributed by atoms with Crippen molar-refractivity contribution >= 4 is 11.3 Å². The van der Waals surface area contributed by atoms with Crippen LogP contribution in [0.1, 0.15) is 41.9 Å². The van der Waals surface area contributed by atoms with Crippen molar-refractivity contribution in [2.24, 2.45) is 0 Å². The summed E-state index contributed by atoms with van der Waals surface area (Å²) in [6, 6.07) is 6.97. The molecule has 0 aliphatic rings. The average molecular weight is 293 g/mol. The minimum Gasteiger partial charge on any atom is -0.496 e. The number of aryl methyl sites for hydroxylation is 1. The van der Waals surface area contributed by atoms with Crippen molar-refractivity contribution in [1.29, 1.82) is 0 Å². The molecule has 2 rings (SSSR count). The van der Waals surface area contributed by atoms with Crippen LogP contribution in [0, 0.1) is 12.7 Å². The summed E-state index contributed by atoms with van der Waals surface area (Å²) in [4.78, 5) is 1.31. The van der Waals surface area contributed by atoms with Gasteiger partial charge in [-0.3, -0.25) is 0 Å². The second-order valence-electron chi connectivity index (χ2n) is 4.96. The molecule has 4 heteroatoms. The molecule has 0 aliphatic carbocycles. The maximum absolute atomic E-state index is 13.4. The highest BCUT2D eigenvalue weighted by Gasteiger charge is 2.17. The normalized spacial score (nSPS) is 14.1. The highest BCUT2D eigenvalue weighted by atomic mass is 32.1. The molecule has 1 heterocycles. The SMILES string of the molecule is COc1ccc(F)cc1C(C)NC(C)c1sccc1C. The summed E-state index contributed by atoms with van der Waals surface area (Å²) in [5.74, 6) is 0.468. The van der Waals surface area contributed by atoms with E-state index in [0.29, 0.717) is 5.75 Å². The maximum Gasteiger partial charge on any atom is 0.123 e. The van der Waals surface area contributed by atoms with Crippen LogP contribution in [0.3, 0.4) is 0 Å². The van der Waals surface area contributed by atoms with E-state index in [2.05, 4.69) is 30.6 Å². The molecule has 2 nitrogen and oxygen atoms in total. The fourth-order valence-electron chi connectivity index (χ4n) is 2.41. The first-order chi connectivity index (χ1) is 9.52. The molecule has 0 fully saturated rings. The van der Waals surface area contributed by atoms with E-state index < -0.39 is 0 Å². The first kappa shape index (κ1) is 15.0. The summed E-state index contributed by atoms with van der Waals surface area (Å²) in [5, 5.41) is 5.60. The summed E-state index contributed by atoms with van der Waals surface area (Å²) in [6.07, 6.45) is 0. The Morgan fingerprint density at radius 1 is 1.20 bits per heavy atom. The third kappa shape index (κ3) is 3.19. The summed E-state index contributed by atoms with van der Waals surface area (Å²) in [6.45, 7) is 6.26. The zero-order valence-electron chi connectivity index (χ0n) is 12.2. The van der Waals surface area contributed by atoms with E-state index in [1.807, 2.05) is 6.92 Å². The van der Waals surface area contributed by atoms with Crippen LogP contribution in [0.25, 0.3) is 0 Å². The molecule has 0 amide bonds. The molecule has 0 saturated heterocycles. The summed E-state index contributed by atoms with van der Waals surface area (Å²) in [5.41, 5.74) is 2.13. The minimum atomic E-state index is -0.241. The van der Waals surface area contributed by atoms with Gasteiger partial charge in [0.25, 0.3) is 0 Å². The Bertz CT molecular complexity index is 582. The predicted octanol–water partition coefficient (Wildman–Crippen LogP) is 4.62. The van der Waals surface area contributed by atoms with E-state index in [4.69, 9.17) is 4.74 Å². The van der Waals surface area contributed by atoms with E-state index in [9.17, 15) is 4.39 Å². The quantitative estimate of drug-likeness (QED) is 0.868. The molecule has 108 valence electrons. The van der Waals surface area contributed by atoms with Crippen LogP contribution in [-0.4, -0.2) is 7.11 Å². The fourth-order valence-corrected chi connectivity index (χ4v) is 3.36. The lowest BCUT2D eigenvalue weighted by Crippen LogP contribution is -2.22. The molecule has 0 spiro atoms. The molecule has 2 unspecified atom stereocenters. The lowest BCUT2D eigenvalue weighted by Gasteiger charge is -2.22. The Kier molecular flexibility index (Phi) is 4.78. The Morgan fingerprint density at radius 3 is 2.55 bits per heavy atom. The van der Waals surface area contributed by atoms with Gasteiger partial charge < -0.3 is 10.1 Å². The van der Waals surface area contributed by atoms with Gasteiger partial charge in [0.15, 0.2) is 0 Å². The molecular formula is C16H20FNOS. The molecular weight excluding hydrogens is 273 g/mol. The van der Waals surface area contributed by atoms with Crippen molar-refractivity contribution in [3.8, 4) is 5.75 Å². The standard InChI is InChI=1S/C16H20FNOS/c1-10-7-8-20-16(10)12(3)18-11(2)14-9-13(17)5-6-15(14)19-4/h5-9,11-12,18H,1-4H3. The number of ether oxygens (including phenoxy) is 1. The lowest BCUT2D eigenvalue weighted by atomic mass is 10.1. The Balaban J connectivity index is 2.18. The smallest absolute Gasteiger partial charge is 0.123 e. The van der Waals surface area contributed by atoms with E-state index in [1.165, 1.54) is 22.6 Å². The third-order valence-electron chi connectivity index (χ3n) is 3.45. The molecule has 2 aromatic rings. The molecule has 0 aliphatic heterocycles. The largest absolute Gasteiger partial charge is 0.496 e. The van der Waals surface area contributed by atoms with Gasteiger partial charge >= 0.3 is 0 Å². The number of thiophene rings is 1. The van der Waals surface area contributed by atoms with Gasteiger partial charge in [0, 0.05) is 22.5 Å². The molecule has 20 heavy (non-hydrogen) atoms. The maximum atomic E-state index is 13.4. The van der Waals surface area contributed by atoms with Crippen molar-refractivity contribution in [3.05, 3.63) is 51.5 Å². The monoisotopic (exact) mass is 293 g/mol. The van der Waals surface area contributed by atoms with Crippen LogP contribution in [0.4, 0.5) is 4.39 Å². The predicted molar refractivity (Wildman–Crippen MR) is 82.0 cm³/mol. The number of hydrogen-bond acceptors (Lipinski definition) is 3. The minimum absolute atomic E-state index is 0.0112. The van der Waals surface area contributed by atoms with Crippen LogP contribution < -0.4 is 10.1 Å². The zero-order chi connectivity index (χ0) is 14.7. The van der Waals surface area contributed by atoms with Crippen LogP contribution in [0.5, 0.6) is 5.75 Å². The fraction of sp³-hybridized carbons (Fsp3) is 0.375. The zero-order valence-corrected chi connectivity index (χ0v) is 13.1. The number of rotatable bonds is 5. The van der Waals surface area contributed by atoms with Crippen LogP contribution in [-0.2, 0) is 0 Å². The number of methoxy groups -OCH3 is 1. The van der Waals surface area contributed by atoms with E-state index in [0.717, 1.165) is 5.56 Å². The van der Waals surface area contributed by atoms with Crippen molar-refractivity contribution in [2.75, 3.05) is 7.11 Å². The Hall–Kier alpha value is -1.39. The van der Waals surface area contributed by atoms with Gasteiger partial charge in [0.1, 0.15) is 11.6 Å². The molecule has 1 aromatic carbocycles. The Labute approximate surface area is 123 Å². The van der Waals surface area contributed by atoms with Gasteiger partial charge in [-0.2, -0.15) is 0 Å². The van der Waals surface area contributed by atoms with E-state index in [1.54, 1.807) is 24.5 Å². The molecule has 0 radical (unpaired) electrons. The highest BCUT2D eigenvalue weighted by Crippen LogP contribution is 2.30. The number of nitrogens with one attached hydrogen (secondary N) is 1. The van der Waals surface area contributed by atoms with Gasteiger partial charge in [-0.05, 0) is 56.0 Å². The molecule has 2 atom stereocenters. The summed E-state index contributed by atoms with van der Waals surface area (Å²) < 4.78 is 18.8. The Morgan fingerprint density at radius 2 is 1.95 bits per heavy atom. The van der Waals surface area contributed by atoms with Crippen molar-refractivity contribution in [1.82, 2.24) is 5.32 Å². The number of halogens is 1. The first-order valence-electron chi connectivity index (χ1n) is 6.66. The first-order valence-corrected chi connectivity index (χ1v) is 7.54. The summed E-state index contributed by atoms with van der Waals surface area (Å²) >= 11 is 1.74. The molecule has 0 saturated carbocycles. The number of benzene rings is 1. The lowest BCUT2D eigenvalue weighted by molar-refractivity contribution is 0.395. The van der Waals surface area contributed by atoms with Crippen LogP contribution in [0.15, 0.2) is 29.6 Å². The second-order valence-corrected chi connectivity index (χ2v) is 5.91. The molecule has 1 aromatic heterocycles. The van der Waals surface area contributed by atoms with Crippen LogP contribution in [0.2, 0.25) is 0 Å².